The van der Waals surface area contributed by atoms with Gasteiger partial charge in [0.1, 0.15) is 11.6 Å². The predicted molar refractivity (Wildman–Crippen MR) is 68.7 cm³/mol. The molecule has 1 N–H and O–H groups in total. The normalized spacial score (nSPS) is 10.5. The number of carboxylic acids is 1. The van der Waals surface area contributed by atoms with Crippen molar-refractivity contribution < 1.29 is 19.0 Å². The minimum atomic E-state index is -1.03. The summed E-state index contributed by atoms with van der Waals surface area (Å²) in [6, 6.07) is 5.89. The molecule has 0 spiro atoms. The van der Waals surface area contributed by atoms with Gasteiger partial charge in [-0.3, -0.25) is 0 Å². The predicted octanol–water partition coefficient (Wildman–Crippen LogP) is 2.94. The summed E-state index contributed by atoms with van der Waals surface area (Å²) in [5.74, 6) is -0.942. The molecule has 0 aliphatic rings. The number of aromatic nitrogens is 1. The minimum absolute atomic E-state index is 0.166. The lowest BCUT2D eigenvalue weighted by molar-refractivity contribution is 0.0696. The van der Waals surface area contributed by atoms with Crippen LogP contribution in [0.5, 0.6) is 5.75 Å². The van der Waals surface area contributed by atoms with Crippen LogP contribution in [0.15, 0.2) is 24.3 Å². The van der Waals surface area contributed by atoms with Crippen molar-refractivity contribution in [2.24, 2.45) is 0 Å². The summed E-state index contributed by atoms with van der Waals surface area (Å²) < 4.78 is 20.6. The van der Waals surface area contributed by atoms with Gasteiger partial charge in [-0.1, -0.05) is 0 Å². The second-order valence-corrected chi connectivity index (χ2v) is 4.24. The van der Waals surface area contributed by atoms with Gasteiger partial charge in [-0.05, 0) is 32.0 Å². The van der Waals surface area contributed by atoms with Gasteiger partial charge >= 0.3 is 5.97 Å². The number of carboxylic acid groups (broad SMARTS) is 1. The first-order valence-corrected chi connectivity index (χ1v) is 5.72. The zero-order valence-corrected chi connectivity index (χ0v) is 10.9. The van der Waals surface area contributed by atoms with E-state index in [2.05, 4.69) is 0 Å². The summed E-state index contributed by atoms with van der Waals surface area (Å²) >= 11 is 0. The number of carbonyl (C=O) groups is 1. The Hall–Kier alpha value is -2.30. The monoisotopic (exact) mass is 263 g/mol. The maximum atomic E-state index is 13.9. The third kappa shape index (κ3) is 2.19. The molecule has 0 bridgehead atoms. The molecule has 0 unspecified atom stereocenters. The van der Waals surface area contributed by atoms with Crippen molar-refractivity contribution in [1.29, 1.82) is 0 Å². The highest BCUT2D eigenvalue weighted by Crippen LogP contribution is 2.26. The molecule has 0 saturated carbocycles. The Morgan fingerprint density at radius 3 is 2.53 bits per heavy atom. The van der Waals surface area contributed by atoms with E-state index in [1.54, 1.807) is 24.5 Å². The number of hydrogen-bond acceptors (Lipinski definition) is 2. The second-order valence-electron chi connectivity index (χ2n) is 4.24. The maximum absolute atomic E-state index is 13.9. The number of halogens is 1. The average molecular weight is 263 g/mol. The minimum Gasteiger partial charge on any atom is -0.497 e. The Morgan fingerprint density at radius 2 is 2.00 bits per heavy atom. The summed E-state index contributed by atoms with van der Waals surface area (Å²) in [6.07, 6.45) is 0. The number of benzene rings is 1. The highest BCUT2D eigenvalue weighted by molar-refractivity contribution is 5.89. The summed E-state index contributed by atoms with van der Waals surface area (Å²) in [5, 5.41) is 9.09. The molecule has 0 radical (unpaired) electrons. The molecule has 0 aliphatic heterocycles. The molecule has 0 atom stereocenters. The van der Waals surface area contributed by atoms with E-state index in [1.807, 2.05) is 0 Å². The Kier molecular flexibility index (Phi) is 3.29. The molecule has 0 aliphatic carbocycles. The van der Waals surface area contributed by atoms with Gasteiger partial charge < -0.3 is 14.4 Å². The Morgan fingerprint density at radius 1 is 1.32 bits per heavy atom. The second kappa shape index (κ2) is 4.76. The van der Waals surface area contributed by atoms with Crippen molar-refractivity contribution >= 4 is 5.97 Å². The van der Waals surface area contributed by atoms with Crippen LogP contribution in [-0.4, -0.2) is 22.8 Å². The number of aromatic carboxylic acids is 1. The zero-order chi connectivity index (χ0) is 14.2. The number of aryl methyl sites for hydroxylation is 1. The van der Waals surface area contributed by atoms with Crippen LogP contribution in [0.3, 0.4) is 0 Å². The van der Waals surface area contributed by atoms with Gasteiger partial charge in [0.15, 0.2) is 0 Å². The first-order valence-electron chi connectivity index (χ1n) is 5.72. The van der Waals surface area contributed by atoms with Crippen LogP contribution in [0.25, 0.3) is 5.69 Å². The first-order chi connectivity index (χ1) is 8.95. The number of rotatable bonds is 3. The molecule has 0 amide bonds. The Labute approximate surface area is 110 Å². The van der Waals surface area contributed by atoms with Crippen molar-refractivity contribution in [3.8, 4) is 11.4 Å². The Balaban J connectivity index is 2.68. The molecule has 0 fully saturated rings. The summed E-state index contributed by atoms with van der Waals surface area (Å²) in [4.78, 5) is 11.1. The Bertz CT molecular complexity index is 646. The molecule has 19 heavy (non-hydrogen) atoms. The van der Waals surface area contributed by atoms with E-state index < -0.39 is 11.8 Å². The van der Waals surface area contributed by atoms with Gasteiger partial charge in [-0.25, -0.2) is 9.18 Å². The van der Waals surface area contributed by atoms with E-state index in [-0.39, 0.29) is 11.3 Å². The van der Waals surface area contributed by atoms with Crippen LogP contribution in [-0.2, 0) is 0 Å². The lowest BCUT2D eigenvalue weighted by Crippen LogP contribution is -2.04. The van der Waals surface area contributed by atoms with Gasteiger partial charge in [0.25, 0.3) is 0 Å². The smallest absolute Gasteiger partial charge is 0.337 e. The first kappa shape index (κ1) is 13.1. The molecule has 5 heteroatoms. The quantitative estimate of drug-likeness (QED) is 0.926. The van der Waals surface area contributed by atoms with Crippen LogP contribution in [0.4, 0.5) is 4.39 Å². The molecular weight excluding hydrogens is 249 g/mol. The van der Waals surface area contributed by atoms with E-state index in [0.717, 1.165) is 0 Å². The molecule has 2 rings (SSSR count). The van der Waals surface area contributed by atoms with E-state index >= 15 is 0 Å². The van der Waals surface area contributed by atoms with Gasteiger partial charge in [0, 0.05) is 17.5 Å². The third-order valence-electron chi connectivity index (χ3n) is 3.06. The van der Waals surface area contributed by atoms with Crippen molar-refractivity contribution in [3.05, 3.63) is 47.0 Å². The lowest BCUT2D eigenvalue weighted by atomic mass is 10.2. The molecule has 1 aromatic carbocycles. The highest BCUT2D eigenvalue weighted by atomic mass is 19.1. The fourth-order valence-corrected chi connectivity index (χ4v) is 2.14. The van der Waals surface area contributed by atoms with Crippen LogP contribution in [0.2, 0.25) is 0 Å². The fraction of sp³-hybridized carbons (Fsp3) is 0.214. The van der Waals surface area contributed by atoms with E-state index in [4.69, 9.17) is 9.84 Å². The number of hydrogen-bond donors (Lipinski definition) is 1. The van der Waals surface area contributed by atoms with Crippen molar-refractivity contribution in [2.75, 3.05) is 7.11 Å². The highest BCUT2D eigenvalue weighted by Gasteiger charge is 2.18. The summed E-state index contributed by atoms with van der Waals surface area (Å²) in [6.45, 7) is 3.38. The van der Waals surface area contributed by atoms with E-state index in [9.17, 15) is 9.18 Å². The molecule has 1 heterocycles. The van der Waals surface area contributed by atoms with Gasteiger partial charge in [0.05, 0.1) is 18.4 Å². The molecule has 0 saturated heterocycles. The number of ether oxygens (including phenoxy) is 1. The molecule has 2 aromatic rings. The van der Waals surface area contributed by atoms with Crippen molar-refractivity contribution in [3.63, 3.8) is 0 Å². The largest absolute Gasteiger partial charge is 0.497 e. The molecule has 4 nitrogen and oxygen atoms in total. The van der Waals surface area contributed by atoms with Crippen LogP contribution >= 0.6 is 0 Å². The average Bonchev–Trinajstić information content (AvgIpc) is 2.66. The summed E-state index contributed by atoms with van der Waals surface area (Å²) in [7, 11) is 1.50. The third-order valence-corrected chi connectivity index (χ3v) is 3.06. The van der Waals surface area contributed by atoms with Crippen LogP contribution < -0.4 is 4.74 Å². The van der Waals surface area contributed by atoms with Gasteiger partial charge in [-0.2, -0.15) is 0 Å². The zero-order valence-electron chi connectivity index (χ0n) is 10.9. The van der Waals surface area contributed by atoms with Crippen LogP contribution in [0, 0.1) is 19.7 Å². The fourth-order valence-electron chi connectivity index (χ4n) is 2.14. The molecular formula is C14H14FNO3. The van der Waals surface area contributed by atoms with Crippen molar-refractivity contribution in [1.82, 2.24) is 4.57 Å². The topological polar surface area (TPSA) is 51.5 Å². The lowest BCUT2D eigenvalue weighted by Gasteiger charge is -2.12. The van der Waals surface area contributed by atoms with Gasteiger partial charge in [0.2, 0.25) is 0 Å². The number of nitrogens with zero attached hydrogens (tertiary/aromatic N) is 1. The standard InChI is InChI=1S/C14H14FNO3/c1-8-6-11(14(17)18)9(2)16(8)13-7-10(19-3)4-5-12(13)15/h4-7H,1-3H3,(H,17,18). The van der Waals surface area contributed by atoms with Crippen LogP contribution in [0.1, 0.15) is 21.7 Å². The molecule has 100 valence electrons. The molecule has 1 aromatic heterocycles. The van der Waals surface area contributed by atoms with Gasteiger partial charge in [-0.15, -0.1) is 0 Å². The maximum Gasteiger partial charge on any atom is 0.337 e. The van der Waals surface area contributed by atoms with E-state index in [1.165, 1.54) is 25.3 Å². The SMILES string of the molecule is COc1ccc(F)c(-n2c(C)cc(C(=O)O)c2C)c1. The summed E-state index contributed by atoms with van der Waals surface area (Å²) in [5.41, 5.74) is 1.58. The van der Waals surface area contributed by atoms with Crippen molar-refractivity contribution in [2.45, 2.75) is 13.8 Å². The number of methoxy groups -OCH3 is 1. The van der Waals surface area contributed by atoms with E-state index in [0.29, 0.717) is 17.1 Å².